The summed E-state index contributed by atoms with van der Waals surface area (Å²) in [5.74, 6) is 0.626. The Labute approximate surface area is 126 Å². The first-order valence-electron chi connectivity index (χ1n) is 6.35. The van der Waals surface area contributed by atoms with Crippen molar-refractivity contribution in [1.82, 2.24) is 4.90 Å². The van der Waals surface area contributed by atoms with Crippen molar-refractivity contribution in [3.8, 4) is 0 Å². The first-order valence-corrected chi connectivity index (χ1v) is 7.14. The van der Waals surface area contributed by atoms with E-state index in [0.29, 0.717) is 17.6 Å². The van der Waals surface area contributed by atoms with Crippen molar-refractivity contribution in [1.29, 1.82) is 0 Å². The number of halogens is 1. The zero-order valence-corrected chi connectivity index (χ0v) is 12.8. The third-order valence-electron chi connectivity index (χ3n) is 3.01. The first-order chi connectivity index (χ1) is 9.56. The molecular formula is C15H17BrN2O2. The van der Waals surface area contributed by atoms with Crippen molar-refractivity contribution in [3.63, 3.8) is 0 Å². The summed E-state index contributed by atoms with van der Waals surface area (Å²) in [6.07, 6.45) is 0.534. The Bertz CT molecular complexity index is 568. The molecule has 1 amide bonds. The molecule has 20 heavy (non-hydrogen) atoms. The largest absolute Gasteiger partial charge is 0.452 e. The van der Waals surface area contributed by atoms with Gasteiger partial charge < -0.3 is 15.1 Å². The van der Waals surface area contributed by atoms with Crippen LogP contribution in [0.5, 0.6) is 0 Å². The summed E-state index contributed by atoms with van der Waals surface area (Å²) in [4.78, 5) is 13.8. The minimum atomic E-state index is -0.541. The summed E-state index contributed by atoms with van der Waals surface area (Å²) in [5, 5.41) is 0. The van der Waals surface area contributed by atoms with Crippen LogP contribution >= 0.6 is 15.9 Å². The zero-order valence-electron chi connectivity index (χ0n) is 11.3. The van der Waals surface area contributed by atoms with Gasteiger partial charge in [-0.3, -0.25) is 4.79 Å². The third-order valence-corrected chi connectivity index (χ3v) is 3.44. The van der Waals surface area contributed by atoms with Gasteiger partial charge in [0.05, 0.1) is 12.6 Å². The van der Waals surface area contributed by atoms with Crippen LogP contribution in [0.4, 0.5) is 0 Å². The number of hydrogen-bond donors (Lipinski definition) is 1. The van der Waals surface area contributed by atoms with Gasteiger partial charge in [0.2, 0.25) is 5.91 Å². The van der Waals surface area contributed by atoms with Gasteiger partial charge in [-0.2, -0.15) is 0 Å². The summed E-state index contributed by atoms with van der Waals surface area (Å²) >= 11 is 3.24. The van der Waals surface area contributed by atoms with Gasteiger partial charge in [-0.25, -0.2) is 0 Å². The molecule has 2 rings (SSSR count). The summed E-state index contributed by atoms with van der Waals surface area (Å²) in [5.41, 5.74) is 7.04. The summed E-state index contributed by atoms with van der Waals surface area (Å²) in [7, 11) is 1.73. The molecule has 0 aliphatic rings. The van der Waals surface area contributed by atoms with Gasteiger partial charge in [-0.1, -0.05) is 30.3 Å². The number of likely N-dealkylation sites (N-methyl/N-ethyl adjacent to an activating group) is 1. The Hall–Kier alpha value is -1.59. The Kier molecular flexibility index (Phi) is 4.98. The first kappa shape index (κ1) is 14.8. The second kappa shape index (κ2) is 6.72. The number of amides is 1. The van der Waals surface area contributed by atoms with Crippen molar-refractivity contribution < 1.29 is 9.21 Å². The van der Waals surface area contributed by atoms with Crippen LogP contribution < -0.4 is 5.73 Å². The standard InChI is InChI=1S/C15H17BrN2O2/c1-18(10-12-7-8-14(16)20-12)15(19)13(17)9-11-5-3-2-4-6-11/h2-8,13H,9-10,17H2,1H3/t13-/m0/s1. The van der Waals surface area contributed by atoms with Crippen molar-refractivity contribution in [2.75, 3.05) is 7.05 Å². The number of carbonyl (C=O) groups excluding carboxylic acids is 1. The highest BCUT2D eigenvalue weighted by molar-refractivity contribution is 9.10. The highest BCUT2D eigenvalue weighted by Gasteiger charge is 2.19. The number of nitrogens with two attached hydrogens (primary N) is 1. The molecular weight excluding hydrogens is 320 g/mol. The molecule has 1 aromatic carbocycles. The fourth-order valence-electron chi connectivity index (χ4n) is 1.99. The van der Waals surface area contributed by atoms with Gasteiger partial charge >= 0.3 is 0 Å². The van der Waals surface area contributed by atoms with E-state index >= 15 is 0 Å². The third kappa shape index (κ3) is 3.95. The van der Waals surface area contributed by atoms with Crippen LogP contribution in [-0.2, 0) is 17.8 Å². The van der Waals surface area contributed by atoms with Crippen molar-refractivity contribution in [2.24, 2.45) is 5.73 Å². The number of carbonyl (C=O) groups is 1. The topological polar surface area (TPSA) is 59.5 Å². The highest BCUT2D eigenvalue weighted by Crippen LogP contribution is 2.15. The van der Waals surface area contributed by atoms with Crippen molar-refractivity contribution in [3.05, 3.63) is 58.5 Å². The molecule has 0 saturated carbocycles. The number of nitrogens with zero attached hydrogens (tertiary/aromatic N) is 1. The van der Waals surface area contributed by atoms with Crippen molar-refractivity contribution in [2.45, 2.75) is 19.0 Å². The van der Waals surface area contributed by atoms with E-state index < -0.39 is 6.04 Å². The maximum atomic E-state index is 12.2. The van der Waals surface area contributed by atoms with E-state index in [9.17, 15) is 4.79 Å². The molecule has 0 aliphatic carbocycles. The predicted octanol–water partition coefficient (Wildman–Crippen LogP) is 2.57. The number of rotatable bonds is 5. The Balaban J connectivity index is 1.92. The van der Waals surface area contributed by atoms with Gasteiger partial charge in [0.25, 0.3) is 0 Å². The summed E-state index contributed by atoms with van der Waals surface area (Å²) in [6, 6.07) is 12.9. The molecule has 0 bridgehead atoms. The van der Waals surface area contributed by atoms with Crippen LogP contribution in [0, 0.1) is 0 Å². The molecule has 0 fully saturated rings. The lowest BCUT2D eigenvalue weighted by atomic mass is 10.1. The fourth-order valence-corrected chi connectivity index (χ4v) is 2.33. The highest BCUT2D eigenvalue weighted by atomic mass is 79.9. The number of furan rings is 1. The molecule has 0 radical (unpaired) electrons. The molecule has 2 N–H and O–H groups in total. The molecule has 0 unspecified atom stereocenters. The lowest BCUT2D eigenvalue weighted by Crippen LogP contribution is -2.42. The quantitative estimate of drug-likeness (QED) is 0.912. The van der Waals surface area contributed by atoms with Gasteiger partial charge in [-0.05, 0) is 40.0 Å². The minimum Gasteiger partial charge on any atom is -0.452 e. The smallest absolute Gasteiger partial charge is 0.239 e. The van der Waals surface area contributed by atoms with E-state index in [-0.39, 0.29) is 5.91 Å². The molecule has 0 spiro atoms. The van der Waals surface area contributed by atoms with Gasteiger partial charge in [0.15, 0.2) is 4.67 Å². The number of hydrogen-bond acceptors (Lipinski definition) is 3. The molecule has 1 atom stereocenters. The van der Waals surface area contributed by atoms with E-state index in [4.69, 9.17) is 10.2 Å². The van der Waals surface area contributed by atoms with Crippen LogP contribution in [0.3, 0.4) is 0 Å². The normalized spacial score (nSPS) is 12.2. The lowest BCUT2D eigenvalue weighted by molar-refractivity contribution is -0.132. The summed E-state index contributed by atoms with van der Waals surface area (Å²) in [6.45, 7) is 0.410. The molecule has 0 aliphatic heterocycles. The molecule has 106 valence electrons. The molecule has 0 saturated heterocycles. The molecule has 1 aromatic heterocycles. The van der Waals surface area contributed by atoms with Crippen molar-refractivity contribution >= 4 is 21.8 Å². The van der Waals surface area contributed by atoms with E-state index in [0.717, 1.165) is 11.3 Å². The number of benzene rings is 1. The Morgan fingerprint density at radius 1 is 1.30 bits per heavy atom. The average Bonchev–Trinajstić information content (AvgIpc) is 2.84. The Morgan fingerprint density at radius 2 is 2.00 bits per heavy atom. The fraction of sp³-hybridized carbons (Fsp3) is 0.267. The lowest BCUT2D eigenvalue weighted by Gasteiger charge is -2.20. The summed E-state index contributed by atoms with van der Waals surface area (Å²) < 4.78 is 6.04. The predicted molar refractivity (Wildman–Crippen MR) is 81.0 cm³/mol. The average molecular weight is 337 g/mol. The Morgan fingerprint density at radius 3 is 2.60 bits per heavy atom. The zero-order chi connectivity index (χ0) is 14.5. The SMILES string of the molecule is CN(Cc1ccc(Br)o1)C(=O)[C@@H](N)Cc1ccccc1. The molecule has 5 heteroatoms. The van der Waals surface area contributed by atoms with Gasteiger partial charge in [0, 0.05) is 7.05 Å². The van der Waals surface area contributed by atoms with E-state index in [1.165, 1.54) is 0 Å². The van der Waals surface area contributed by atoms with Crippen LogP contribution in [0.2, 0.25) is 0 Å². The van der Waals surface area contributed by atoms with Crippen LogP contribution in [0.1, 0.15) is 11.3 Å². The second-order valence-corrected chi connectivity index (χ2v) is 5.48. The van der Waals surface area contributed by atoms with Gasteiger partial charge in [-0.15, -0.1) is 0 Å². The van der Waals surface area contributed by atoms with Gasteiger partial charge in [0.1, 0.15) is 5.76 Å². The van der Waals surface area contributed by atoms with Crippen LogP contribution in [-0.4, -0.2) is 23.9 Å². The molecule has 4 nitrogen and oxygen atoms in total. The van der Waals surface area contributed by atoms with Crippen LogP contribution in [0.15, 0.2) is 51.6 Å². The molecule has 2 aromatic rings. The minimum absolute atomic E-state index is 0.0959. The second-order valence-electron chi connectivity index (χ2n) is 4.70. The maximum absolute atomic E-state index is 12.2. The monoisotopic (exact) mass is 336 g/mol. The maximum Gasteiger partial charge on any atom is 0.239 e. The van der Waals surface area contributed by atoms with E-state index in [1.54, 1.807) is 18.0 Å². The molecule has 1 heterocycles. The van der Waals surface area contributed by atoms with Crippen LogP contribution in [0.25, 0.3) is 0 Å². The van der Waals surface area contributed by atoms with E-state index in [2.05, 4.69) is 15.9 Å². The van der Waals surface area contributed by atoms with E-state index in [1.807, 2.05) is 36.4 Å².